The predicted molar refractivity (Wildman–Crippen MR) is 134 cm³/mol. The number of hydrogen-bond acceptors (Lipinski definition) is 8. The molecule has 0 aliphatic carbocycles. The molecule has 2 aromatic heterocycles. The van der Waals surface area contributed by atoms with Crippen LogP contribution < -0.4 is 20.3 Å². The molecule has 0 saturated carbocycles. The molecule has 184 valence electrons. The molecule has 3 aromatic rings. The Kier molecular flexibility index (Phi) is 9.35. The number of nitrogens with zero attached hydrogens (tertiary/aromatic N) is 4. The first-order chi connectivity index (χ1) is 17.0. The van der Waals surface area contributed by atoms with Crippen molar-refractivity contribution in [1.29, 1.82) is 0 Å². The summed E-state index contributed by atoms with van der Waals surface area (Å²) in [6.07, 6.45) is 4.09. The standard InChI is InChI=1S/C25H30N6O4/c1-3-13-31(14-4-2)25-29-21(17-22(30-25)35-15-11-18-8-5-6-12-26-18)28-24(34)23(33)27-19-9-7-10-20(32)16-19/h5-10,12,16-17,32H,3-4,11,13-15H2,1-2H3,(H,27,33)(H,28,29,30,34). The van der Waals surface area contributed by atoms with Crippen molar-refractivity contribution in [3.8, 4) is 11.6 Å². The number of nitrogens with one attached hydrogen (secondary N) is 2. The van der Waals surface area contributed by atoms with E-state index < -0.39 is 11.8 Å². The van der Waals surface area contributed by atoms with Crippen LogP contribution in [0.3, 0.4) is 0 Å². The average molecular weight is 479 g/mol. The molecule has 2 amide bonds. The largest absolute Gasteiger partial charge is 0.508 e. The highest BCUT2D eigenvalue weighted by atomic mass is 16.5. The van der Waals surface area contributed by atoms with E-state index in [0.717, 1.165) is 31.6 Å². The number of rotatable bonds is 11. The number of aromatic hydroxyl groups is 1. The van der Waals surface area contributed by atoms with Crippen molar-refractivity contribution in [1.82, 2.24) is 15.0 Å². The van der Waals surface area contributed by atoms with Gasteiger partial charge >= 0.3 is 11.8 Å². The van der Waals surface area contributed by atoms with Crippen molar-refractivity contribution in [3.63, 3.8) is 0 Å². The van der Waals surface area contributed by atoms with Crippen LogP contribution in [0.4, 0.5) is 17.5 Å². The van der Waals surface area contributed by atoms with Gasteiger partial charge in [0.1, 0.15) is 11.6 Å². The molecule has 3 N–H and O–H groups in total. The van der Waals surface area contributed by atoms with Gasteiger partial charge in [-0.15, -0.1) is 0 Å². The summed E-state index contributed by atoms with van der Waals surface area (Å²) in [6.45, 7) is 5.92. The minimum absolute atomic E-state index is 0.0249. The normalized spacial score (nSPS) is 10.5. The fourth-order valence-corrected chi connectivity index (χ4v) is 3.29. The van der Waals surface area contributed by atoms with Crippen LogP contribution in [0.5, 0.6) is 11.6 Å². The fourth-order valence-electron chi connectivity index (χ4n) is 3.29. The van der Waals surface area contributed by atoms with Crippen LogP contribution in [0, 0.1) is 0 Å². The lowest BCUT2D eigenvalue weighted by molar-refractivity contribution is -0.133. The van der Waals surface area contributed by atoms with Gasteiger partial charge in [0, 0.05) is 49.2 Å². The van der Waals surface area contributed by atoms with E-state index in [-0.39, 0.29) is 17.4 Å². The van der Waals surface area contributed by atoms with Crippen LogP contribution in [0.25, 0.3) is 0 Å². The van der Waals surface area contributed by atoms with E-state index in [1.54, 1.807) is 18.3 Å². The van der Waals surface area contributed by atoms with Crippen LogP contribution in [-0.2, 0) is 16.0 Å². The van der Waals surface area contributed by atoms with E-state index in [2.05, 4.69) is 39.4 Å². The quantitative estimate of drug-likeness (QED) is 0.358. The molecule has 0 spiro atoms. The Bertz CT molecular complexity index is 1120. The Hall–Kier alpha value is -4.21. The van der Waals surface area contributed by atoms with E-state index in [9.17, 15) is 14.7 Å². The van der Waals surface area contributed by atoms with Gasteiger partial charge in [-0.2, -0.15) is 9.97 Å². The van der Waals surface area contributed by atoms with Gasteiger partial charge in [-0.1, -0.05) is 26.0 Å². The van der Waals surface area contributed by atoms with Gasteiger partial charge in [0.25, 0.3) is 0 Å². The average Bonchev–Trinajstić information content (AvgIpc) is 2.84. The number of carbonyl (C=O) groups is 2. The monoisotopic (exact) mass is 478 g/mol. The zero-order valence-electron chi connectivity index (χ0n) is 19.9. The zero-order chi connectivity index (χ0) is 25.0. The van der Waals surface area contributed by atoms with Crippen molar-refractivity contribution in [3.05, 3.63) is 60.4 Å². The molecule has 0 radical (unpaired) electrons. The maximum Gasteiger partial charge on any atom is 0.315 e. The van der Waals surface area contributed by atoms with E-state index in [1.165, 1.54) is 18.2 Å². The Labute approximate surface area is 204 Å². The second-order valence-electron chi connectivity index (χ2n) is 7.76. The van der Waals surface area contributed by atoms with Crippen molar-refractivity contribution >= 4 is 29.3 Å². The SMILES string of the molecule is CCCN(CCC)c1nc(NC(=O)C(=O)Nc2cccc(O)c2)cc(OCCc2ccccn2)n1. The van der Waals surface area contributed by atoms with Gasteiger partial charge in [-0.25, -0.2) is 0 Å². The van der Waals surface area contributed by atoms with Gasteiger partial charge in [0.05, 0.1) is 6.61 Å². The maximum absolute atomic E-state index is 12.5. The summed E-state index contributed by atoms with van der Waals surface area (Å²) < 4.78 is 5.85. The molecule has 0 atom stereocenters. The maximum atomic E-state index is 12.5. The molecule has 35 heavy (non-hydrogen) atoms. The third-order valence-electron chi connectivity index (χ3n) is 4.85. The Morgan fingerprint density at radius 3 is 2.43 bits per heavy atom. The first-order valence-electron chi connectivity index (χ1n) is 11.6. The third kappa shape index (κ3) is 7.95. The van der Waals surface area contributed by atoms with Crippen molar-refractivity contribution < 1.29 is 19.4 Å². The van der Waals surface area contributed by atoms with Gasteiger partial charge in [0.15, 0.2) is 0 Å². The van der Waals surface area contributed by atoms with Crippen molar-refractivity contribution in [2.75, 3.05) is 35.2 Å². The first kappa shape index (κ1) is 25.4. The topological polar surface area (TPSA) is 130 Å². The molecule has 0 aliphatic heterocycles. The van der Waals surface area contributed by atoms with E-state index in [4.69, 9.17) is 4.74 Å². The highest BCUT2D eigenvalue weighted by Gasteiger charge is 2.18. The van der Waals surface area contributed by atoms with E-state index in [0.29, 0.717) is 24.7 Å². The Balaban J connectivity index is 1.75. The van der Waals surface area contributed by atoms with E-state index in [1.807, 2.05) is 23.1 Å². The molecule has 0 aliphatic rings. The fraction of sp³-hybridized carbons (Fsp3) is 0.320. The highest BCUT2D eigenvalue weighted by molar-refractivity contribution is 6.43. The highest BCUT2D eigenvalue weighted by Crippen LogP contribution is 2.21. The second kappa shape index (κ2) is 12.9. The number of carbonyl (C=O) groups excluding carboxylic acids is 2. The molecular formula is C25H30N6O4. The van der Waals surface area contributed by atoms with Gasteiger partial charge in [-0.3, -0.25) is 14.6 Å². The minimum atomic E-state index is -0.907. The number of phenolic OH excluding ortho intramolecular Hbond substituents is 1. The number of amides is 2. The number of ether oxygens (including phenoxy) is 1. The molecule has 0 saturated heterocycles. The first-order valence-corrected chi connectivity index (χ1v) is 11.6. The number of phenols is 1. The number of pyridine rings is 1. The molecular weight excluding hydrogens is 448 g/mol. The lowest BCUT2D eigenvalue weighted by atomic mass is 10.3. The van der Waals surface area contributed by atoms with Gasteiger partial charge in [0.2, 0.25) is 11.8 Å². The second-order valence-corrected chi connectivity index (χ2v) is 7.76. The lowest BCUT2D eigenvalue weighted by Gasteiger charge is -2.22. The molecule has 0 bridgehead atoms. The summed E-state index contributed by atoms with van der Waals surface area (Å²) in [5.41, 5.74) is 1.18. The summed E-state index contributed by atoms with van der Waals surface area (Å²) in [5.74, 6) is -0.985. The summed E-state index contributed by atoms with van der Waals surface area (Å²) in [4.78, 5) is 40.2. The summed E-state index contributed by atoms with van der Waals surface area (Å²) in [7, 11) is 0. The number of benzene rings is 1. The minimum Gasteiger partial charge on any atom is -0.508 e. The Morgan fingerprint density at radius 2 is 1.74 bits per heavy atom. The molecule has 0 unspecified atom stereocenters. The zero-order valence-corrected chi connectivity index (χ0v) is 19.9. The van der Waals surface area contributed by atoms with Crippen LogP contribution in [-0.4, -0.2) is 51.6 Å². The molecule has 10 nitrogen and oxygen atoms in total. The molecule has 0 fully saturated rings. The molecule has 10 heteroatoms. The van der Waals surface area contributed by atoms with Crippen molar-refractivity contribution in [2.24, 2.45) is 0 Å². The summed E-state index contributed by atoms with van der Waals surface area (Å²) in [6, 6.07) is 13.1. The smallest absolute Gasteiger partial charge is 0.315 e. The number of hydrogen-bond donors (Lipinski definition) is 3. The molecule has 2 heterocycles. The molecule has 3 rings (SSSR count). The van der Waals surface area contributed by atoms with Crippen LogP contribution in [0.15, 0.2) is 54.7 Å². The van der Waals surface area contributed by atoms with E-state index >= 15 is 0 Å². The van der Waals surface area contributed by atoms with Gasteiger partial charge in [-0.05, 0) is 37.1 Å². The van der Waals surface area contributed by atoms with Crippen LogP contribution in [0.2, 0.25) is 0 Å². The predicted octanol–water partition coefficient (Wildman–Crippen LogP) is 3.40. The third-order valence-corrected chi connectivity index (χ3v) is 4.85. The lowest BCUT2D eigenvalue weighted by Crippen LogP contribution is -2.30. The molecule has 1 aromatic carbocycles. The number of aromatic nitrogens is 3. The Morgan fingerprint density at radius 1 is 0.971 bits per heavy atom. The number of anilines is 3. The van der Waals surface area contributed by atoms with Crippen LogP contribution >= 0.6 is 0 Å². The summed E-state index contributed by atoms with van der Waals surface area (Å²) >= 11 is 0. The van der Waals surface area contributed by atoms with Gasteiger partial charge < -0.3 is 25.4 Å². The van der Waals surface area contributed by atoms with Crippen molar-refractivity contribution in [2.45, 2.75) is 33.1 Å². The summed E-state index contributed by atoms with van der Waals surface area (Å²) in [5, 5.41) is 14.5. The van der Waals surface area contributed by atoms with Crippen LogP contribution in [0.1, 0.15) is 32.4 Å².